The van der Waals surface area contributed by atoms with Crippen LogP contribution in [-0.2, 0) is 0 Å². The number of halogens is 1. The van der Waals surface area contributed by atoms with E-state index in [0.717, 1.165) is 9.37 Å². The van der Waals surface area contributed by atoms with Crippen LogP contribution in [0.25, 0.3) is 0 Å². The third kappa shape index (κ3) is 3.43. The quantitative estimate of drug-likeness (QED) is 0.504. The lowest BCUT2D eigenvalue weighted by molar-refractivity contribution is -0.388. The molecule has 8 heteroatoms. The first kappa shape index (κ1) is 13.8. The van der Waals surface area contributed by atoms with Crippen molar-refractivity contribution in [2.24, 2.45) is 5.84 Å². The van der Waals surface area contributed by atoms with Crippen LogP contribution in [0.15, 0.2) is 50.8 Å². The summed E-state index contributed by atoms with van der Waals surface area (Å²) in [4.78, 5) is 15.5. The van der Waals surface area contributed by atoms with Gasteiger partial charge in [-0.25, -0.2) is 10.8 Å². The summed E-state index contributed by atoms with van der Waals surface area (Å²) in [6.45, 7) is 0. The van der Waals surface area contributed by atoms with Crippen molar-refractivity contribution in [1.82, 2.24) is 4.98 Å². The summed E-state index contributed by atoms with van der Waals surface area (Å²) < 4.78 is 0.941. The lowest BCUT2D eigenvalue weighted by atomic mass is 10.4. The van der Waals surface area contributed by atoms with Crippen LogP contribution in [0.1, 0.15) is 0 Å². The zero-order chi connectivity index (χ0) is 13.8. The number of rotatable bonds is 4. The molecule has 0 aliphatic rings. The van der Waals surface area contributed by atoms with Gasteiger partial charge < -0.3 is 5.43 Å². The largest absolute Gasteiger partial charge is 0.308 e. The normalized spacial score (nSPS) is 10.2. The van der Waals surface area contributed by atoms with E-state index in [2.05, 4.69) is 26.3 Å². The van der Waals surface area contributed by atoms with Crippen molar-refractivity contribution >= 4 is 39.2 Å². The molecule has 2 aromatic rings. The number of hydrazine groups is 1. The van der Waals surface area contributed by atoms with Crippen LogP contribution in [0.4, 0.5) is 11.5 Å². The number of nitrogen functional groups attached to an aromatic ring is 1. The summed E-state index contributed by atoms with van der Waals surface area (Å²) >= 11 is 4.54. The maximum absolute atomic E-state index is 11.0. The Hall–Kier alpha value is -1.64. The van der Waals surface area contributed by atoms with Gasteiger partial charge in [0.25, 0.3) is 0 Å². The van der Waals surface area contributed by atoms with Gasteiger partial charge in [0.2, 0.25) is 0 Å². The molecule has 0 spiro atoms. The molecule has 1 aromatic heterocycles. The molecule has 0 fully saturated rings. The van der Waals surface area contributed by atoms with Crippen LogP contribution in [0.2, 0.25) is 0 Å². The van der Waals surface area contributed by atoms with Crippen LogP contribution in [0.3, 0.4) is 0 Å². The molecular weight excluding hydrogens is 332 g/mol. The SMILES string of the molecule is NNc1ccc([N+](=O)[O-])c(Sc2ccc(Br)cc2)n1. The van der Waals surface area contributed by atoms with Crippen molar-refractivity contribution in [3.8, 4) is 0 Å². The van der Waals surface area contributed by atoms with E-state index >= 15 is 0 Å². The lowest BCUT2D eigenvalue weighted by Crippen LogP contribution is -2.09. The highest BCUT2D eigenvalue weighted by molar-refractivity contribution is 9.10. The van der Waals surface area contributed by atoms with E-state index in [1.807, 2.05) is 24.3 Å². The van der Waals surface area contributed by atoms with E-state index in [1.54, 1.807) is 0 Å². The summed E-state index contributed by atoms with van der Waals surface area (Å²) in [5.41, 5.74) is 2.32. The van der Waals surface area contributed by atoms with Gasteiger partial charge in [-0.1, -0.05) is 27.7 Å². The third-order valence-corrected chi connectivity index (χ3v) is 3.74. The Labute approximate surface area is 121 Å². The van der Waals surface area contributed by atoms with E-state index < -0.39 is 4.92 Å². The first-order chi connectivity index (χ1) is 9.10. The highest BCUT2D eigenvalue weighted by Gasteiger charge is 2.17. The molecule has 0 amide bonds. The summed E-state index contributed by atoms with van der Waals surface area (Å²) in [6, 6.07) is 10.3. The summed E-state index contributed by atoms with van der Waals surface area (Å²) in [5.74, 6) is 5.64. The van der Waals surface area contributed by atoms with E-state index in [9.17, 15) is 10.1 Å². The Morgan fingerprint density at radius 2 is 1.95 bits per heavy atom. The Morgan fingerprint density at radius 3 is 2.53 bits per heavy atom. The number of benzene rings is 1. The molecule has 0 saturated heterocycles. The maximum Gasteiger partial charge on any atom is 0.301 e. The molecule has 1 aromatic carbocycles. The second kappa shape index (κ2) is 6.00. The predicted octanol–water partition coefficient (Wildman–Crippen LogP) is 3.19. The molecule has 0 aliphatic carbocycles. The van der Waals surface area contributed by atoms with Gasteiger partial charge in [-0.15, -0.1) is 0 Å². The number of hydrogen-bond acceptors (Lipinski definition) is 6. The standard InChI is InChI=1S/C11H9BrN4O2S/c12-7-1-3-8(4-2-7)19-11-9(16(17)18)5-6-10(14-11)15-13/h1-6H,13H2,(H,14,15). The number of nitrogens with one attached hydrogen (secondary N) is 1. The van der Waals surface area contributed by atoms with E-state index in [0.29, 0.717) is 10.8 Å². The molecule has 98 valence electrons. The van der Waals surface area contributed by atoms with Gasteiger partial charge in [0, 0.05) is 15.4 Å². The lowest BCUT2D eigenvalue weighted by Gasteiger charge is -2.05. The topological polar surface area (TPSA) is 94.1 Å². The second-order valence-corrected chi connectivity index (χ2v) is 5.46. The van der Waals surface area contributed by atoms with Crippen molar-refractivity contribution in [1.29, 1.82) is 0 Å². The number of nitrogens with zero attached hydrogens (tertiary/aromatic N) is 2. The number of nitrogens with two attached hydrogens (primary N) is 1. The number of hydrogen-bond donors (Lipinski definition) is 2. The molecule has 0 atom stereocenters. The number of anilines is 1. The monoisotopic (exact) mass is 340 g/mol. The van der Waals surface area contributed by atoms with Crippen LogP contribution >= 0.6 is 27.7 Å². The summed E-state index contributed by atoms with van der Waals surface area (Å²) in [6.07, 6.45) is 0. The summed E-state index contributed by atoms with van der Waals surface area (Å²) in [7, 11) is 0. The molecule has 1 heterocycles. The van der Waals surface area contributed by atoms with Crippen molar-refractivity contribution < 1.29 is 4.92 Å². The van der Waals surface area contributed by atoms with Crippen molar-refractivity contribution in [3.05, 3.63) is 51.0 Å². The smallest absolute Gasteiger partial charge is 0.301 e. The second-order valence-electron chi connectivity index (χ2n) is 3.48. The van der Waals surface area contributed by atoms with Crippen LogP contribution < -0.4 is 11.3 Å². The van der Waals surface area contributed by atoms with Crippen LogP contribution in [0, 0.1) is 10.1 Å². The van der Waals surface area contributed by atoms with Gasteiger partial charge >= 0.3 is 5.69 Å². The fraction of sp³-hybridized carbons (Fsp3) is 0. The van der Waals surface area contributed by atoms with E-state index in [4.69, 9.17) is 5.84 Å². The highest BCUT2D eigenvalue weighted by atomic mass is 79.9. The third-order valence-electron chi connectivity index (χ3n) is 2.21. The van der Waals surface area contributed by atoms with Gasteiger partial charge in [-0.3, -0.25) is 10.1 Å². The minimum atomic E-state index is -0.464. The number of pyridine rings is 1. The predicted molar refractivity (Wildman–Crippen MR) is 77.0 cm³/mol. The molecule has 0 aliphatic heterocycles. The van der Waals surface area contributed by atoms with Gasteiger partial charge in [0.15, 0.2) is 5.03 Å². The summed E-state index contributed by atoms with van der Waals surface area (Å²) in [5, 5.41) is 11.3. The molecule has 0 saturated carbocycles. The molecular formula is C11H9BrN4O2S. The first-order valence-electron chi connectivity index (χ1n) is 5.15. The van der Waals surface area contributed by atoms with Crippen LogP contribution in [0.5, 0.6) is 0 Å². The molecule has 2 rings (SSSR count). The first-order valence-corrected chi connectivity index (χ1v) is 6.76. The number of nitro groups is 1. The molecule has 3 N–H and O–H groups in total. The van der Waals surface area contributed by atoms with Gasteiger partial charge in [-0.05, 0) is 30.3 Å². The van der Waals surface area contributed by atoms with E-state index in [-0.39, 0.29) is 5.69 Å². The average Bonchev–Trinajstić information content (AvgIpc) is 2.41. The zero-order valence-electron chi connectivity index (χ0n) is 9.54. The fourth-order valence-electron chi connectivity index (χ4n) is 1.34. The highest BCUT2D eigenvalue weighted by Crippen LogP contribution is 2.34. The van der Waals surface area contributed by atoms with Crippen molar-refractivity contribution in [2.75, 3.05) is 5.43 Å². The Balaban J connectivity index is 2.36. The van der Waals surface area contributed by atoms with E-state index in [1.165, 1.54) is 23.9 Å². The zero-order valence-corrected chi connectivity index (χ0v) is 11.9. The van der Waals surface area contributed by atoms with Crippen molar-refractivity contribution in [3.63, 3.8) is 0 Å². The Morgan fingerprint density at radius 1 is 1.26 bits per heavy atom. The van der Waals surface area contributed by atoms with Crippen LogP contribution in [-0.4, -0.2) is 9.91 Å². The molecule has 19 heavy (non-hydrogen) atoms. The Bertz CT molecular complexity index is 606. The molecule has 0 radical (unpaired) electrons. The number of aromatic nitrogens is 1. The Kier molecular flexibility index (Phi) is 4.35. The van der Waals surface area contributed by atoms with Gasteiger partial charge in [0.05, 0.1) is 4.92 Å². The molecule has 0 unspecified atom stereocenters. The average molecular weight is 341 g/mol. The minimum Gasteiger partial charge on any atom is -0.308 e. The fourth-order valence-corrected chi connectivity index (χ4v) is 2.49. The van der Waals surface area contributed by atoms with Crippen molar-refractivity contribution in [2.45, 2.75) is 9.92 Å². The van der Waals surface area contributed by atoms with Gasteiger partial charge in [0.1, 0.15) is 5.82 Å². The maximum atomic E-state index is 11.0. The molecule has 0 bridgehead atoms. The molecule has 6 nitrogen and oxygen atoms in total. The minimum absolute atomic E-state index is 0.0491. The van der Waals surface area contributed by atoms with Gasteiger partial charge in [-0.2, -0.15) is 0 Å².